The first-order chi connectivity index (χ1) is 7.83. The Balaban J connectivity index is -0.0000000731. The summed E-state index contributed by atoms with van der Waals surface area (Å²) in [6.45, 7) is 10.7. The molecule has 0 aromatic carbocycles. The minimum absolute atomic E-state index is 1.64. The molecule has 0 rings (SSSR count). The van der Waals surface area contributed by atoms with Gasteiger partial charge in [0.05, 0.1) is 0 Å². The van der Waals surface area contributed by atoms with Gasteiger partial charge in [0, 0.05) is 0 Å². The van der Waals surface area contributed by atoms with Crippen LogP contribution in [-0.4, -0.2) is 29.4 Å². The fourth-order valence-corrected chi connectivity index (χ4v) is 0. The molecule has 0 aromatic rings. The van der Waals surface area contributed by atoms with Crippen molar-refractivity contribution < 1.29 is 38.5 Å². The van der Waals surface area contributed by atoms with Gasteiger partial charge in [0.15, 0.2) is 0 Å². The lowest BCUT2D eigenvalue weighted by molar-refractivity contribution is 0.272. The van der Waals surface area contributed by atoms with E-state index in [0.29, 0.717) is 0 Å². The van der Waals surface area contributed by atoms with Crippen LogP contribution in [0.5, 0.6) is 0 Å². The van der Waals surface area contributed by atoms with Gasteiger partial charge in [0.1, 0.15) is 0 Å². The number of phosphoric acid groups is 2. The lowest BCUT2D eigenvalue weighted by atomic mass is 10.6. The Bertz CT molecular complexity index is 254. The third-order valence-corrected chi connectivity index (χ3v) is 0.500. The molecule has 0 heterocycles. The summed E-state index contributed by atoms with van der Waals surface area (Å²) in [4.78, 5) is 43.1. The van der Waals surface area contributed by atoms with Crippen LogP contribution in [0.4, 0.5) is 0 Å². The van der Waals surface area contributed by atoms with Gasteiger partial charge in [-0.15, -0.1) is 0 Å². The first-order valence-electron chi connectivity index (χ1n) is 4.20. The minimum atomic E-state index is -4.64. The Morgan fingerprint density at radius 2 is 0.833 bits per heavy atom. The lowest BCUT2D eigenvalue weighted by Gasteiger charge is -1.82. The van der Waals surface area contributed by atoms with Crippen molar-refractivity contribution >= 4 is 15.6 Å². The van der Waals surface area contributed by atoms with E-state index in [-0.39, 0.29) is 0 Å². The van der Waals surface area contributed by atoms with E-state index in [1.165, 1.54) is 0 Å². The molecule has 0 aromatic heterocycles. The molecule has 0 spiro atoms. The molecule has 18 heavy (non-hydrogen) atoms. The SMILES string of the molecule is C=CC=C.CC=CC.O=P(O)(O)O.O=P(O)(O)O. The molecule has 10 heteroatoms. The van der Waals surface area contributed by atoms with Crippen molar-refractivity contribution in [3.63, 3.8) is 0 Å². The van der Waals surface area contributed by atoms with Crippen LogP contribution in [0.3, 0.4) is 0 Å². The Morgan fingerprint density at radius 3 is 0.833 bits per heavy atom. The number of hydrogen-bond donors (Lipinski definition) is 6. The zero-order valence-corrected chi connectivity index (χ0v) is 11.9. The number of allylic oxidation sites excluding steroid dienone is 4. The highest BCUT2D eigenvalue weighted by Crippen LogP contribution is 2.26. The molecule has 0 radical (unpaired) electrons. The van der Waals surface area contributed by atoms with E-state index < -0.39 is 15.6 Å². The van der Waals surface area contributed by atoms with Gasteiger partial charge in [-0.3, -0.25) is 0 Å². The largest absolute Gasteiger partial charge is 0.466 e. The van der Waals surface area contributed by atoms with Crippen molar-refractivity contribution in [2.75, 3.05) is 0 Å². The van der Waals surface area contributed by atoms with Crippen molar-refractivity contribution in [3.05, 3.63) is 37.5 Å². The van der Waals surface area contributed by atoms with Crippen LogP contribution >= 0.6 is 15.6 Å². The van der Waals surface area contributed by atoms with Gasteiger partial charge in [-0.1, -0.05) is 37.5 Å². The summed E-state index contributed by atoms with van der Waals surface area (Å²) < 4.78 is 17.8. The molecule has 0 saturated carbocycles. The zero-order valence-electron chi connectivity index (χ0n) is 10.1. The summed E-state index contributed by atoms with van der Waals surface area (Å²) in [5, 5.41) is 0. The Labute approximate surface area is 106 Å². The fourth-order valence-electron chi connectivity index (χ4n) is 0. The van der Waals surface area contributed by atoms with E-state index in [4.69, 9.17) is 38.5 Å². The first kappa shape index (κ1) is 26.1. The molecule has 110 valence electrons. The molecule has 6 N–H and O–H groups in total. The zero-order chi connectivity index (χ0) is 15.8. The smallest absolute Gasteiger partial charge is 0.303 e. The molecule has 0 amide bonds. The molecule has 0 bridgehead atoms. The summed E-state index contributed by atoms with van der Waals surface area (Å²) in [5.41, 5.74) is 0. The fraction of sp³-hybridized carbons (Fsp3) is 0.250. The maximum atomic E-state index is 8.88. The average molecular weight is 306 g/mol. The maximum absolute atomic E-state index is 8.88. The number of hydrogen-bond acceptors (Lipinski definition) is 2. The van der Waals surface area contributed by atoms with E-state index in [1.807, 2.05) is 26.0 Å². The lowest BCUT2D eigenvalue weighted by Crippen LogP contribution is -1.66. The monoisotopic (exact) mass is 306 g/mol. The molecule has 0 aliphatic heterocycles. The highest BCUT2D eigenvalue weighted by molar-refractivity contribution is 7.45. The van der Waals surface area contributed by atoms with Crippen molar-refractivity contribution in [2.45, 2.75) is 13.8 Å². The van der Waals surface area contributed by atoms with Gasteiger partial charge in [-0.25, -0.2) is 9.13 Å². The summed E-state index contributed by atoms with van der Waals surface area (Å²) in [6.07, 6.45) is 7.28. The maximum Gasteiger partial charge on any atom is 0.466 e. The predicted molar refractivity (Wildman–Crippen MR) is 69.4 cm³/mol. The second-order valence-electron chi connectivity index (χ2n) is 2.16. The third-order valence-electron chi connectivity index (χ3n) is 0.500. The first-order valence-corrected chi connectivity index (χ1v) is 7.33. The van der Waals surface area contributed by atoms with Crippen LogP contribution in [0.2, 0.25) is 0 Å². The normalized spacial score (nSPS) is 9.78. The van der Waals surface area contributed by atoms with Gasteiger partial charge in [-0.2, -0.15) is 0 Å². The van der Waals surface area contributed by atoms with Crippen LogP contribution in [0.1, 0.15) is 13.8 Å². The van der Waals surface area contributed by atoms with Crippen molar-refractivity contribution in [1.82, 2.24) is 0 Å². The summed E-state index contributed by atoms with van der Waals surface area (Å²) >= 11 is 0. The summed E-state index contributed by atoms with van der Waals surface area (Å²) in [6, 6.07) is 0. The predicted octanol–water partition coefficient (Wildman–Crippen LogP) is 1.08. The van der Waals surface area contributed by atoms with Crippen LogP contribution in [0, 0.1) is 0 Å². The van der Waals surface area contributed by atoms with E-state index in [2.05, 4.69) is 13.2 Å². The van der Waals surface area contributed by atoms with Crippen LogP contribution in [0.15, 0.2) is 37.5 Å². The van der Waals surface area contributed by atoms with Gasteiger partial charge >= 0.3 is 15.6 Å². The molecule has 0 aliphatic carbocycles. The highest BCUT2D eigenvalue weighted by atomic mass is 31.2. The van der Waals surface area contributed by atoms with Crippen molar-refractivity contribution in [1.29, 1.82) is 0 Å². The van der Waals surface area contributed by atoms with Crippen molar-refractivity contribution in [3.8, 4) is 0 Å². The molecule has 0 aliphatic rings. The third kappa shape index (κ3) is 1550. The van der Waals surface area contributed by atoms with Gasteiger partial charge < -0.3 is 29.4 Å². The van der Waals surface area contributed by atoms with Gasteiger partial charge in [-0.05, 0) is 13.8 Å². The second-order valence-corrected chi connectivity index (χ2v) is 4.22. The second kappa shape index (κ2) is 16.4. The molecule has 0 saturated heterocycles. The van der Waals surface area contributed by atoms with Crippen molar-refractivity contribution in [2.24, 2.45) is 0 Å². The van der Waals surface area contributed by atoms with Crippen LogP contribution < -0.4 is 0 Å². The minimum Gasteiger partial charge on any atom is -0.303 e. The topological polar surface area (TPSA) is 156 Å². The highest BCUT2D eigenvalue weighted by Gasteiger charge is 2.00. The van der Waals surface area contributed by atoms with E-state index in [9.17, 15) is 0 Å². The quantitative estimate of drug-likeness (QED) is 0.239. The van der Waals surface area contributed by atoms with E-state index in [1.54, 1.807) is 12.2 Å². The van der Waals surface area contributed by atoms with Crippen LogP contribution in [-0.2, 0) is 9.13 Å². The van der Waals surface area contributed by atoms with Gasteiger partial charge in [0.25, 0.3) is 0 Å². The van der Waals surface area contributed by atoms with Crippen LogP contribution in [0.25, 0.3) is 0 Å². The molecule has 8 nitrogen and oxygen atoms in total. The summed E-state index contributed by atoms with van der Waals surface area (Å²) in [7, 11) is -9.28. The van der Waals surface area contributed by atoms with Gasteiger partial charge in [0.2, 0.25) is 0 Å². The molecular formula is C8H20O8P2. The Morgan fingerprint density at radius 1 is 0.722 bits per heavy atom. The standard InChI is InChI=1S/C4H8.C4H6.2H3O4P/c2*1-3-4-2;2*1-5(2,3)4/h3-4H,1-2H3;3-4H,1-2H2;2*(H3,1,2,3,4). The molecular weight excluding hydrogens is 286 g/mol. The van der Waals surface area contributed by atoms with E-state index in [0.717, 1.165) is 0 Å². The molecule has 0 unspecified atom stereocenters. The summed E-state index contributed by atoms with van der Waals surface area (Å²) in [5.74, 6) is 0. The Kier molecular flexibility index (Phi) is 23.8. The average Bonchev–Trinajstić information content (AvgIpc) is 2.12. The molecule has 0 atom stereocenters. The Hall–Kier alpha value is -0.560. The van der Waals surface area contributed by atoms with E-state index >= 15 is 0 Å². The molecule has 0 fully saturated rings. The number of rotatable bonds is 1.